The van der Waals surface area contributed by atoms with Gasteiger partial charge in [-0.05, 0) is 24.6 Å². The van der Waals surface area contributed by atoms with Crippen molar-refractivity contribution < 1.29 is 23.4 Å². The van der Waals surface area contributed by atoms with E-state index in [4.69, 9.17) is 5.41 Å². The largest absolute Gasteiger partial charge is 0.573 e. The quantitative estimate of drug-likeness (QED) is 0.764. The van der Waals surface area contributed by atoms with Crippen LogP contribution in [0.15, 0.2) is 24.3 Å². The maximum atomic E-state index is 11.8. The van der Waals surface area contributed by atoms with Crippen LogP contribution in [0.5, 0.6) is 5.75 Å². The smallest absolute Gasteiger partial charge is 0.412 e. The molecule has 3 N–H and O–H groups in total. The lowest BCUT2D eigenvalue weighted by Crippen LogP contribution is -2.17. The van der Waals surface area contributed by atoms with E-state index in [0.29, 0.717) is 5.56 Å². The van der Waals surface area contributed by atoms with Crippen molar-refractivity contribution >= 4 is 5.71 Å². The second kappa shape index (κ2) is 4.79. The normalized spacial score (nSPS) is 10.4. The predicted molar refractivity (Wildman–Crippen MR) is 49.2 cm³/mol. The molecule has 0 saturated heterocycles. The monoisotopic (exact) mass is 221 g/mol. The van der Waals surface area contributed by atoms with Gasteiger partial charge in [-0.1, -0.05) is 12.1 Å². The highest BCUT2D eigenvalue weighted by atomic mass is 19.4. The molecule has 0 aliphatic carbocycles. The summed E-state index contributed by atoms with van der Waals surface area (Å²) >= 11 is 0. The Morgan fingerprint density at radius 1 is 1.33 bits per heavy atom. The first-order chi connectivity index (χ1) is 6.38. The summed E-state index contributed by atoms with van der Waals surface area (Å²) < 4.78 is 39.1. The fourth-order valence-electron chi connectivity index (χ4n) is 0.926. The van der Waals surface area contributed by atoms with Crippen LogP contribution in [-0.2, 0) is 0 Å². The predicted octanol–water partition coefficient (Wildman–Crippen LogP) is 2.15. The van der Waals surface area contributed by atoms with Crippen LogP contribution < -0.4 is 4.74 Å². The summed E-state index contributed by atoms with van der Waals surface area (Å²) in [6, 6.07) is 5.33. The minimum absolute atomic E-state index is 0. The van der Waals surface area contributed by atoms with Crippen molar-refractivity contribution in [2.75, 3.05) is 0 Å². The van der Waals surface area contributed by atoms with Gasteiger partial charge in [0.25, 0.3) is 0 Å². The SMILES string of the molecule is CC(=N)c1cccc(OC(F)(F)F)c1.O. The van der Waals surface area contributed by atoms with E-state index in [0.717, 1.165) is 0 Å². The molecule has 0 aliphatic heterocycles. The number of halogens is 3. The van der Waals surface area contributed by atoms with Crippen molar-refractivity contribution in [2.45, 2.75) is 13.3 Å². The average molecular weight is 221 g/mol. The molecule has 0 saturated carbocycles. The van der Waals surface area contributed by atoms with Gasteiger partial charge >= 0.3 is 6.36 Å². The summed E-state index contributed by atoms with van der Waals surface area (Å²) in [5.74, 6) is -0.304. The molecular weight excluding hydrogens is 211 g/mol. The summed E-state index contributed by atoms with van der Waals surface area (Å²) in [5.41, 5.74) is 0.601. The van der Waals surface area contributed by atoms with Crippen LogP contribution in [0.2, 0.25) is 0 Å². The van der Waals surface area contributed by atoms with Gasteiger partial charge in [-0.2, -0.15) is 0 Å². The van der Waals surface area contributed by atoms with Crippen LogP contribution in [0.4, 0.5) is 13.2 Å². The standard InChI is InChI=1S/C9H8F3NO.H2O/c1-6(13)7-3-2-4-8(5-7)14-9(10,11)12;/h2-5,13H,1H3;1H2. The third-order valence-electron chi connectivity index (χ3n) is 1.50. The lowest BCUT2D eigenvalue weighted by Gasteiger charge is -2.09. The van der Waals surface area contributed by atoms with Gasteiger partial charge in [-0.15, -0.1) is 13.2 Å². The van der Waals surface area contributed by atoms with Crippen molar-refractivity contribution in [1.82, 2.24) is 0 Å². The fourth-order valence-corrected chi connectivity index (χ4v) is 0.926. The van der Waals surface area contributed by atoms with Crippen LogP contribution in [0.3, 0.4) is 0 Å². The van der Waals surface area contributed by atoms with Gasteiger partial charge < -0.3 is 15.6 Å². The second-order valence-corrected chi connectivity index (χ2v) is 2.70. The van der Waals surface area contributed by atoms with Crippen molar-refractivity contribution in [3.05, 3.63) is 29.8 Å². The van der Waals surface area contributed by atoms with E-state index in [-0.39, 0.29) is 16.9 Å². The molecule has 0 amide bonds. The molecule has 0 atom stereocenters. The Labute approximate surface area is 84.3 Å². The van der Waals surface area contributed by atoms with E-state index < -0.39 is 6.36 Å². The second-order valence-electron chi connectivity index (χ2n) is 2.70. The fraction of sp³-hybridized carbons (Fsp3) is 0.222. The number of hydrogen-bond donors (Lipinski definition) is 1. The Hall–Kier alpha value is -1.56. The number of benzene rings is 1. The van der Waals surface area contributed by atoms with Gasteiger partial charge in [0.1, 0.15) is 5.75 Å². The highest BCUT2D eigenvalue weighted by Crippen LogP contribution is 2.23. The Morgan fingerprint density at radius 2 is 1.93 bits per heavy atom. The summed E-state index contributed by atoms with van der Waals surface area (Å²) in [7, 11) is 0. The molecule has 0 spiro atoms. The first kappa shape index (κ1) is 13.4. The minimum atomic E-state index is -4.69. The molecular formula is C9H10F3NO2. The lowest BCUT2D eigenvalue weighted by atomic mass is 10.1. The zero-order chi connectivity index (χ0) is 10.8. The summed E-state index contributed by atoms with van der Waals surface area (Å²) in [5, 5.41) is 7.23. The van der Waals surface area contributed by atoms with Gasteiger partial charge in [0.05, 0.1) is 0 Å². The van der Waals surface area contributed by atoms with Crippen molar-refractivity contribution in [3.8, 4) is 5.75 Å². The number of rotatable bonds is 2. The van der Waals surface area contributed by atoms with Crippen molar-refractivity contribution in [1.29, 1.82) is 5.41 Å². The summed E-state index contributed by atoms with van der Waals surface area (Å²) in [4.78, 5) is 0. The summed E-state index contributed by atoms with van der Waals surface area (Å²) in [6.07, 6.45) is -4.69. The molecule has 0 heterocycles. The zero-order valence-corrected chi connectivity index (χ0v) is 7.85. The van der Waals surface area contributed by atoms with Crippen LogP contribution >= 0.6 is 0 Å². The molecule has 84 valence electrons. The van der Waals surface area contributed by atoms with Crippen molar-refractivity contribution in [3.63, 3.8) is 0 Å². The van der Waals surface area contributed by atoms with E-state index in [1.807, 2.05) is 0 Å². The van der Waals surface area contributed by atoms with Crippen LogP contribution in [0.1, 0.15) is 12.5 Å². The molecule has 15 heavy (non-hydrogen) atoms. The first-order valence-corrected chi connectivity index (χ1v) is 3.80. The van der Waals surface area contributed by atoms with Crippen LogP contribution in [-0.4, -0.2) is 17.6 Å². The molecule has 3 nitrogen and oxygen atoms in total. The van der Waals surface area contributed by atoms with Gasteiger partial charge in [0.2, 0.25) is 0 Å². The maximum absolute atomic E-state index is 11.8. The first-order valence-electron chi connectivity index (χ1n) is 3.80. The highest BCUT2D eigenvalue weighted by molar-refractivity contribution is 5.96. The van der Waals surface area contributed by atoms with Crippen LogP contribution in [0.25, 0.3) is 0 Å². The average Bonchev–Trinajstić information content (AvgIpc) is 2.01. The molecule has 1 aromatic carbocycles. The third-order valence-corrected chi connectivity index (χ3v) is 1.50. The number of ether oxygens (including phenoxy) is 1. The Morgan fingerprint density at radius 3 is 2.40 bits per heavy atom. The van der Waals surface area contributed by atoms with Crippen molar-refractivity contribution in [2.24, 2.45) is 0 Å². The Balaban J connectivity index is 0.00000196. The molecule has 0 radical (unpaired) electrons. The number of nitrogens with one attached hydrogen (secondary N) is 1. The topological polar surface area (TPSA) is 64.6 Å². The minimum Gasteiger partial charge on any atom is -0.412 e. The Bertz CT molecular complexity index is 349. The molecule has 0 aromatic heterocycles. The van der Waals surface area contributed by atoms with Gasteiger partial charge in [0, 0.05) is 5.71 Å². The molecule has 0 bridgehead atoms. The molecule has 0 unspecified atom stereocenters. The molecule has 0 fully saturated rings. The molecule has 6 heteroatoms. The van der Waals surface area contributed by atoms with E-state index in [9.17, 15) is 13.2 Å². The van der Waals surface area contributed by atoms with E-state index in [2.05, 4.69) is 4.74 Å². The zero-order valence-electron chi connectivity index (χ0n) is 7.85. The van der Waals surface area contributed by atoms with Gasteiger partial charge in [0.15, 0.2) is 0 Å². The third kappa shape index (κ3) is 4.46. The highest BCUT2D eigenvalue weighted by Gasteiger charge is 2.31. The van der Waals surface area contributed by atoms with Gasteiger partial charge in [-0.3, -0.25) is 0 Å². The number of hydrogen-bond acceptors (Lipinski definition) is 2. The van der Waals surface area contributed by atoms with E-state index in [1.54, 1.807) is 6.07 Å². The lowest BCUT2D eigenvalue weighted by molar-refractivity contribution is -0.274. The van der Waals surface area contributed by atoms with E-state index >= 15 is 0 Å². The summed E-state index contributed by atoms with van der Waals surface area (Å²) in [6.45, 7) is 1.49. The van der Waals surface area contributed by atoms with Gasteiger partial charge in [-0.25, -0.2) is 0 Å². The Kier molecular flexibility index (Phi) is 4.29. The van der Waals surface area contributed by atoms with E-state index in [1.165, 1.54) is 25.1 Å². The maximum Gasteiger partial charge on any atom is 0.573 e. The molecule has 1 aromatic rings. The van der Waals surface area contributed by atoms with Crippen LogP contribution in [0, 0.1) is 5.41 Å². The molecule has 1 rings (SSSR count). The number of alkyl halides is 3. The molecule has 0 aliphatic rings.